The van der Waals surface area contributed by atoms with Gasteiger partial charge in [-0.1, -0.05) is 11.6 Å². The maximum atomic E-state index is 5.46. The van der Waals surface area contributed by atoms with E-state index in [1.54, 1.807) is 12.1 Å². The van der Waals surface area contributed by atoms with Crippen molar-refractivity contribution in [1.82, 2.24) is 10.2 Å². The van der Waals surface area contributed by atoms with Crippen LogP contribution in [0.5, 0.6) is 0 Å². The SMILES string of the molecule is SSc1ccc(Cl)nn1. The zero-order valence-corrected chi connectivity index (χ0v) is 6.75. The van der Waals surface area contributed by atoms with Crippen LogP contribution in [-0.2, 0) is 0 Å². The van der Waals surface area contributed by atoms with E-state index in [2.05, 4.69) is 21.9 Å². The minimum Gasteiger partial charge on any atom is -0.142 e. The molecule has 1 heterocycles. The lowest BCUT2D eigenvalue weighted by Gasteiger charge is -1.89. The number of halogens is 1. The van der Waals surface area contributed by atoms with Gasteiger partial charge in [0.15, 0.2) is 5.15 Å². The predicted octanol–water partition coefficient (Wildman–Crippen LogP) is 2.07. The van der Waals surface area contributed by atoms with Gasteiger partial charge in [-0.15, -0.1) is 21.9 Å². The van der Waals surface area contributed by atoms with Gasteiger partial charge in [0.25, 0.3) is 0 Å². The topological polar surface area (TPSA) is 25.8 Å². The smallest absolute Gasteiger partial charge is 0.142 e. The van der Waals surface area contributed by atoms with E-state index in [9.17, 15) is 0 Å². The molecule has 0 saturated carbocycles. The molecule has 5 heteroatoms. The van der Waals surface area contributed by atoms with Crippen molar-refractivity contribution in [1.29, 1.82) is 0 Å². The second-order valence-electron chi connectivity index (χ2n) is 1.29. The Balaban J connectivity index is 2.88. The van der Waals surface area contributed by atoms with Crippen LogP contribution in [0.1, 0.15) is 0 Å². The maximum absolute atomic E-state index is 5.46. The van der Waals surface area contributed by atoms with E-state index in [-0.39, 0.29) is 0 Å². The number of thiol groups is 1. The van der Waals surface area contributed by atoms with E-state index >= 15 is 0 Å². The zero-order valence-electron chi connectivity index (χ0n) is 4.28. The Morgan fingerprint density at radius 1 is 1.44 bits per heavy atom. The summed E-state index contributed by atoms with van der Waals surface area (Å²) in [6.45, 7) is 0. The third kappa shape index (κ3) is 2.04. The molecule has 1 aromatic rings. The van der Waals surface area contributed by atoms with Gasteiger partial charge in [0.05, 0.1) is 0 Å². The number of hydrogen-bond acceptors (Lipinski definition) is 4. The minimum atomic E-state index is 0.404. The predicted molar refractivity (Wildman–Crippen MR) is 41.9 cm³/mol. The molecule has 2 nitrogen and oxygen atoms in total. The van der Waals surface area contributed by atoms with E-state index in [4.69, 9.17) is 11.6 Å². The van der Waals surface area contributed by atoms with Gasteiger partial charge in [0.2, 0.25) is 0 Å². The largest absolute Gasteiger partial charge is 0.151 e. The molecule has 1 aromatic heterocycles. The summed E-state index contributed by atoms with van der Waals surface area (Å²) in [5.41, 5.74) is 0. The van der Waals surface area contributed by atoms with Crippen LogP contribution >= 0.6 is 34.1 Å². The third-order valence-electron chi connectivity index (χ3n) is 0.701. The van der Waals surface area contributed by atoms with Gasteiger partial charge in [0.1, 0.15) is 5.03 Å². The Morgan fingerprint density at radius 3 is 2.67 bits per heavy atom. The molecule has 0 radical (unpaired) electrons. The van der Waals surface area contributed by atoms with Crippen LogP contribution in [0, 0.1) is 0 Å². The Bertz CT molecular complexity index is 188. The number of nitrogens with zero attached hydrogens (tertiary/aromatic N) is 2. The van der Waals surface area contributed by atoms with Gasteiger partial charge in [-0.2, -0.15) is 0 Å². The van der Waals surface area contributed by atoms with E-state index in [1.807, 2.05) is 0 Å². The highest BCUT2D eigenvalue weighted by atomic mass is 35.5. The first-order valence-electron chi connectivity index (χ1n) is 2.13. The quantitative estimate of drug-likeness (QED) is 0.527. The van der Waals surface area contributed by atoms with Crippen molar-refractivity contribution in [3.63, 3.8) is 0 Å². The average molecular weight is 179 g/mol. The van der Waals surface area contributed by atoms with E-state index in [0.717, 1.165) is 5.03 Å². The molecule has 0 spiro atoms. The van der Waals surface area contributed by atoms with Crippen LogP contribution in [0.2, 0.25) is 5.15 Å². The Kier molecular flexibility index (Phi) is 2.63. The van der Waals surface area contributed by atoms with Crippen molar-refractivity contribution in [2.24, 2.45) is 0 Å². The van der Waals surface area contributed by atoms with Gasteiger partial charge in [0, 0.05) is 0 Å². The number of aromatic nitrogens is 2. The summed E-state index contributed by atoms with van der Waals surface area (Å²) < 4.78 is 0. The fraction of sp³-hybridized carbons (Fsp3) is 0. The average Bonchev–Trinajstić information content (AvgIpc) is 1.90. The Morgan fingerprint density at radius 2 is 2.22 bits per heavy atom. The van der Waals surface area contributed by atoms with Gasteiger partial charge in [-0.3, -0.25) is 0 Å². The van der Waals surface area contributed by atoms with E-state index in [1.165, 1.54) is 10.8 Å². The third-order valence-corrected chi connectivity index (χ3v) is 1.87. The molecule has 1 rings (SSSR count). The molecule has 0 aliphatic rings. The molecule has 48 valence electrons. The van der Waals surface area contributed by atoms with Crippen molar-refractivity contribution in [3.05, 3.63) is 17.3 Å². The monoisotopic (exact) mass is 178 g/mol. The van der Waals surface area contributed by atoms with Crippen LogP contribution < -0.4 is 0 Å². The van der Waals surface area contributed by atoms with Crippen molar-refractivity contribution >= 4 is 34.1 Å². The lowest BCUT2D eigenvalue weighted by Crippen LogP contribution is -1.81. The molecule has 0 aromatic carbocycles. The molecule has 0 bridgehead atoms. The summed E-state index contributed by atoms with van der Waals surface area (Å²) in [5.74, 6) is 0. The van der Waals surface area contributed by atoms with Crippen molar-refractivity contribution < 1.29 is 0 Å². The molecule has 0 aliphatic carbocycles. The van der Waals surface area contributed by atoms with Crippen LogP contribution in [0.15, 0.2) is 17.2 Å². The molecule has 0 aliphatic heterocycles. The van der Waals surface area contributed by atoms with Crippen LogP contribution in [0.3, 0.4) is 0 Å². The first-order chi connectivity index (χ1) is 4.33. The van der Waals surface area contributed by atoms with Gasteiger partial charge < -0.3 is 0 Å². The maximum Gasteiger partial charge on any atom is 0.151 e. The molecule has 9 heavy (non-hydrogen) atoms. The fourth-order valence-corrected chi connectivity index (χ4v) is 0.952. The summed E-state index contributed by atoms with van der Waals surface area (Å²) in [6.07, 6.45) is 0. The normalized spacial score (nSPS) is 9.56. The highest BCUT2D eigenvalue weighted by Crippen LogP contribution is 2.17. The zero-order chi connectivity index (χ0) is 6.69. The lowest BCUT2D eigenvalue weighted by molar-refractivity contribution is 0.933. The Hall–Kier alpha value is 0.0700. The molecule has 0 amide bonds. The summed E-state index contributed by atoms with van der Waals surface area (Å²) in [5, 5.41) is 8.45. The standard InChI is InChI=1S/C4H3ClN2S2/c5-3-1-2-4(9-8)7-6-3/h1-2,8H. The van der Waals surface area contributed by atoms with E-state index < -0.39 is 0 Å². The molecule has 0 N–H and O–H groups in total. The number of rotatable bonds is 1. The van der Waals surface area contributed by atoms with Crippen LogP contribution in [0.4, 0.5) is 0 Å². The van der Waals surface area contributed by atoms with Crippen molar-refractivity contribution in [2.45, 2.75) is 5.03 Å². The van der Waals surface area contributed by atoms with Crippen LogP contribution in [-0.4, -0.2) is 10.2 Å². The molecule has 0 unspecified atom stereocenters. The fourth-order valence-electron chi connectivity index (χ4n) is 0.352. The van der Waals surface area contributed by atoms with Crippen LogP contribution in [0.25, 0.3) is 0 Å². The molecular weight excluding hydrogens is 176 g/mol. The summed E-state index contributed by atoms with van der Waals surface area (Å²) in [4.78, 5) is 0. The summed E-state index contributed by atoms with van der Waals surface area (Å²) in [6, 6.07) is 3.43. The molecule has 0 saturated heterocycles. The van der Waals surface area contributed by atoms with E-state index in [0.29, 0.717) is 5.15 Å². The highest BCUT2D eigenvalue weighted by Gasteiger charge is 1.91. The minimum absolute atomic E-state index is 0.404. The Labute approximate surface area is 66.8 Å². The first-order valence-corrected chi connectivity index (χ1v) is 4.38. The van der Waals surface area contributed by atoms with Gasteiger partial charge in [-0.25, -0.2) is 0 Å². The second kappa shape index (κ2) is 3.29. The van der Waals surface area contributed by atoms with Gasteiger partial charge >= 0.3 is 0 Å². The molecule has 0 fully saturated rings. The summed E-state index contributed by atoms with van der Waals surface area (Å²) >= 11 is 9.38. The molecule has 0 atom stereocenters. The van der Waals surface area contributed by atoms with Crippen molar-refractivity contribution in [3.8, 4) is 0 Å². The second-order valence-corrected chi connectivity index (χ2v) is 2.82. The molecular formula is C4H3ClN2S2. The number of hydrogen-bond donors (Lipinski definition) is 1. The first kappa shape index (κ1) is 7.18. The highest BCUT2D eigenvalue weighted by molar-refractivity contribution is 8.68. The van der Waals surface area contributed by atoms with Crippen molar-refractivity contribution in [2.75, 3.05) is 0 Å². The summed E-state index contributed by atoms with van der Waals surface area (Å²) in [7, 11) is 1.24. The van der Waals surface area contributed by atoms with Gasteiger partial charge in [-0.05, 0) is 22.9 Å². The lowest BCUT2D eigenvalue weighted by atomic mass is 10.6.